The predicted molar refractivity (Wildman–Crippen MR) is 144 cm³/mol. The van der Waals surface area contributed by atoms with E-state index in [1.54, 1.807) is 73.7 Å². The molecule has 8 nitrogen and oxygen atoms in total. The van der Waals surface area contributed by atoms with Crippen molar-refractivity contribution in [2.24, 2.45) is 5.92 Å². The standard InChI is InChI=1S/C28H30N2O6S/c1-4-30(23-13-9-6-10-14-23)28(32)24(19-22-15-16-25(35-2)26(20-22)36-3)27(31)29-37(33,34)18-17-21-11-7-5-8-12-21/h5-18,20,24H,4,19H2,1-3H3,(H,29,31). The Morgan fingerprint density at radius 2 is 1.54 bits per heavy atom. The Labute approximate surface area is 217 Å². The van der Waals surface area contributed by atoms with Crippen LogP contribution in [0.15, 0.2) is 84.3 Å². The average Bonchev–Trinajstić information content (AvgIpc) is 2.91. The van der Waals surface area contributed by atoms with E-state index in [9.17, 15) is 18.0 Å². The Kier molecular flexibility index (Phi) is 9.45. The summed E-state index contributed by atoms with van der Waals surface area (Å²) in [5.41, 5.74) is 1.86. The highest BCUT2D eigenvalue weighted by Gasteiger charge is 2.33. The number of hydrogen-bond donors (Lipinski definition) is 1. The molecule has 1 atom stereocenters. The molecule has 0 bridgehead atoms. The SMILES string of the molecule is CCN(C(=O)C(Cc1ccc(OC)c(OC)c1)C(=O)NS(=O)(=O)C=Cc1ccccc1)c1ccccc1. The zero-order valence-corrected chi connectivity index (χ0v) is 21.8. The van der Waals surface area contributed by atoms with E-state index in [4.69, 9.17) is 9.47 Å². The maximum Gasteiger partial charge on any atom is 0.257 e. The molecule has 3 aromatic carbocycles. The van der Waals surface area contributed by atoms with Crippen LogP contribution in [-0.4, -0.2) is 41.0 Å². The molecule has 0 aliphatic carbocycles. The van der Waals surface area contributed by atoms with Gasteiger partial charge in [0.1, 0.15) is 5.92 Å². The summed E-state index contributed by atoms with van der Waals surface area (Å²) in [6.45, 7) is 2.08. The van der Waals surface area contributed by atoms with E-state index >= 15 is 0 Å². The molecule has 0 saturated carbocycles. The topological polar surface area (TPSA) is 102 Å². The summed E-state index contributed by atoms with van der Waals surface area (Å²) in [5.74, 6) is -1.85. The molecule has 37 heavy (non-hydrogen) atoms. The molecule has 0 aromatic heterocycles. The first kappa shape index (κ1) is 27.5. The minimum absolute atomic E-state index is 0.0493. The van der Waals surface area contributed by atoms with Gasteiger partial charge in [-0.2, -0.15) is 0 Å². The van der Waals surface area contributed by atoms with Crippen LogP contribution in [0.2, 0.25) is 0 Å². The van der Waals surface area contributed by atoms with Crippen molar-refractivity contribution in [1.29, 1.82) is 0 Å². The van der Waals surface area contributed by atoms with Crippen molar-refractivity contribution in [1.82, 2.24) is 4.72 Å². The molecular formula is C28H30N2O6S. The molecule has 3 aromatic rings. The summed E-state index contributed by atoms with van der Waals surface area (Å²) in [6, 6.07) is 22.8. The summed E-state index contributed by atoms with van der Waals surface area (Å²) in [4.78, 5) is 28.4. The predicted octanol–water partition coefficient (Wildman–Crippen LogP) is 4.03. The highest BCUT2D eigenvalue weighted by Crippen LogP contribution is 2.29. The van der Waals surface area contributed by atoms with Gasteiger partial charge in [0.05, 0.1) is 19.6 Å². The van der Waals surface area contributed by atoms with Crippen LogP contribution in [0.25, 0.3) is 6.08 Å². The molecule has 0 radical (unpaired) electrons. The Morgan fingerprint density at radius 1 is 0.919 bits per heavy atom. The van der Waals surface area contributed by atoms with Crippen molar-refractivity contribution < 1.29 is 27.5 Å². The molecule has 3 rings (SSSR count). The van der Waals surface area contributed by atoms with Gasteiger partial charge in [0.2, 0.25) is 11.8 Å². The minimum Gasteiger partial charge on any atom is -0.493 e. The van der Waals surface area contributed by atoms with Gasteiger partial charge in [-0.05, 0) is 54.8 Å². The lowest BCUT2D eigenvalue weighted by atomic mass is 9.96. The second kappa shape index (κ2) is 12.7. The monoisotopic (exact) mass is 522 g/mol. The number of nitrogens with zero attached hydrogens (tertiary/aromatic N) is 1. The smallest absolute Gasteiger partial charge is 0.257 e. The number of carbonyl (C=O) groups excluding carboxylic acids is 2. The van der Waals surface area contributed by atoms with Crippen molar-refractivity contribution >= 4 is 33.6 Å². The molecular weight excluding hydrogens is 492 g/mol. The van der Waals surface area contributed by atoms with E-state index in [1.807, 2.05) is 12.1 Å². The van der Waals surface area contributed by atoms with E-state index < -0.39 is 27.8 Å². The van der Waals surface area contributed by atoms with E-state index in [-0.39, 0.29) is 6.42 Å². The number of rotatable bonds is 11. The fraction of sp³-hybridized carbons (Fsp3) is 0.214. The number of benzene rings is 3. The van der Waals surface area contributed by atoms with E-state index in [2.05, 4.69) is 4.72 Å². The van der Waals surface area contributed by atoms with Gasteiger partial charge in [-0.15, -0.1) is 0 Å². The van der Waals surface area contributed by atoms with Crippen molar-refractivity contribution in [2.75, 3.05) is 25.7 Å². The van der Waals surface area contributed by atoms with Gasteiger partial charge in [0.15, 0.2) is 11.5 Å². The molecule has 194 valence electrons. The number of hydrogen-bond acceptors (Lipinski definition) is 6. The fourth-order valence-electron chi connectivity index (χ4n) is 3.77. The molecule has 1 N–H and O–H groups in total. The largest absolute Gasteiger partial charge is 0.493 e. The summed E-state index contributed by atoms with van der Waals surface area (Å²) in [7, 11) is -1.18. The second-order valence-corrected chi connectivity index (χ2v) is 9.66. The van der Waals surface area contributed by atoms with Crippen LogP contribution in [0, 0.1) is 5.92 Å². The number of anilines is 1. The zero-order chi connectivity index (χ0) is 26.8. The van der Waals surface area contributed by atoms with Crippen LogP contribution >= 0.6 is 0 Å². The average molecular weight is 523 g/mol. The van der Waals surface area contributed by atoms with Crippen molar-refractivity contribution in [3.8, 4) is 11.5 Å². The van der Waals surface area contributed by atoms with Crippen LogP contribution < -0.4 is 19.1 Å². The third kappa shape index (κ3) is 7.44. The van der Waals surface area contributed by atoms with E-state index in [1.165, 1.54) is 25.2 Å². The van der Waals surface area contributed by atoms with Crippen LogP contribution in [-0.2, 0) is 26.0 Å². The number of amides is 2. The van der Waals surface area contributed by atoms with Gasteiger partial charge in [-0.3, -0.25) is 9.59 Å². The Balaban J connectivity index is 1.92. The van der Waals surface area contributed by atoms with E-state index in [0.29, 0.717) is 34.9 Å². The first-order valence-corrected chi connectivity index (χ1v) is 13.2. The number of para-hydroxylation sites is 1. The van der Waals surface area contributed by atoms with Gasteiger partial charge in [-0.25, -0.2) is 13.1 Å². The van der Waals surface area contributed by atoms with Gasteiger partial charge >= 0.3 is 0 Å². The lowest BCUT2D eigenvalue weighted by Gasteiger charge is -2.26. The Morgan fingerprint density at radius 3 is 2.14 bits per heavy atom. The zero-order valence-electron chi connectivity index (χ0n) is 21.0. The van der Waals surface area contributed by atoms with E-state index in [0.717, 1.165) is 5.41 Å². The van der Waals surface area contributed by atoms with Crippen molar-refractivity contribution in [3.05, 3.63) is 95.4 Å². The van der Waals surface area contributed by atoms with Gasteiger partial charge in [0.25, 0.3) is 10.0 Å². The minimum atomic E-state index is -4.17. The first-order chi connectivity index (χ1) is 17.8. The maximum absolute atomic E-state index is 13.7. The number of methoxy groups -OCH3 is 2. The summed E-state index contributed by atoms with van der Waals surface area (Å²) in [5, 5.41) is 0.910. The lowest BCUT2D eigenvalue weighted by molar-refractivity contribution is -0.132. The lowest BCUT2D eigenvalue weighted by Crippen LogP contribution is -2.46. The summed E-state index contributed by atoms with van der Waals surface area (Å²) < 4.78 is 38.1. The van der Waals surface area contributed by atoms with Crippen LogP contribution in [0.5, 0.6) is 11.5 Å². The Bertz CT molecular complexity index is 1340. The van der Waals surface area contributed by atoms with Crippen LogP contribution in [0.4, 0.5) is 5.69 Å². The number of nitrogens with one attached hydrogen (secondary N) is 1. The molecule has 0 aliphatic rings. The molecule has 0 saturated heterocycles. The molecule has 0 fully saturated rings. The first-order valence-electron chi connectivity index (χ1n) is 11.6. The number of sulfonamides is 1. The number of carbonyl (C=O) groups is 2. The highest BCUT2D eigenvalue weighted by atomic mass is 32.2. The molecule has 1 unspecified atom stereocenters. The highest BCUT2D eigenvalue weighted by molar-refractivity contribution is 7.93. The molecule has 0 spiro atoms. The quantitative estimate of drug-likeness (QED) is 0.382. The van der Waals surface area contributed by atoms with Crippen LogP contribution in [0.1, 0.15) is 18.1 Å². The summed E-state index contributed by atoms with van der Waals surface area (Å²) in [6.07, 6.45) is 1.33. The van der Waals surface area contributed by atoms with Gasteiger partial charge < -0.3 is 14.4 Å². The van der Waals surface area contributed by atoms with Gasteiger partial charge in [0, 0.05) is 12.2 Å². The molecule has 9 heteroatoms. The molecule has 2 amide bonds. The third-order valence-electron chi connectivity index (χ3n) is 5.63. The maximum atomic E-state index is 13.7. The summed E-state index contributed by atoms with van der Waals surface area (Å²) >= 11 is 0. The molecule has 0 aliphatic heterocycles. The van der Waals surface area contributed by atoms with Gasteiger partial charge in [-0.1, -0.05) is 54.6 Å². The fourth-order valence-corrected chi connectivity index (χ4v) is 4.60. The van der Waals surface area contributed by atoms with Crippen molar-refractivity contribution in [2.45, 2.75) is 13.3 Å². The normalized spacial score (nSPS) is 12.1. The van der Waals surface area contributed by atoms with Crippen molar-refractivity contribution in [3.63, 3.8) is 0 Å². The number of ether oxygens (including phenoxy) is 2. The Hall–Kier alpha value is -4.11. The third-order valence-corrected chi connectivity index (χ3v) is 6.61. The second-order valence-electron chi connectivity index (χ2n) is 8.09. The van der Waals surface area contributed by atoms with Crippen LogP contribution in [0.3, 0.4) is 0 Å². The molecule has 0 heterocycles.